The smallest absolute Gasteiger partial charge is 0.238 e. The van der Waals surface area contributed by atoms with Crippen LogP contribution in [-0.2, 0) is 4.79 Å². The summed E-state index contributed by atoms with van der Waals surface area (Å²) in [6, 6.07) is 13.8. The van der Waals surface area contributed by atoms with E-state index in [0.29, 0.717) is 12.2 Å². The zero-order valence-corrected chi connectivity index (χ0v) is 17.3. The van der Waals surface area contributed by atoms with E-state index >= 15 is 0 Å². The Morgan fingerprint density at radius 3 is 2.43 bits per heavy atom. The Bertz CT molecular complexity index is 767. The van der Waals surface area contributed by atoms with Crippen molar-refractivity contribution in [3.05, 3.63) is 59.4 Å². The van der Waals surface area contributed by atoms with Gasteiger partial charge in [-0.3, -0.25) is 9.69 Å². The molecular formula is C21H25ClFN3OS. The number of anilines is 1. The number of thioether (sulfide) groups is 1. The largest absolute Gasteiger partial charge is 0.325 e. The molecule has 0 radical (unpaired) electrons. The van der Waals surface area contributed by atoms with E-state index in [1.807, 2.05) is 18.2 Å². The van der Waals surface area contributed by atoms with Gasteiger partial charge in [0.15, 0.2) is 0 Å². The Balaban J connectivity index is 1.30. The first-order valence-corrected chi connectivity index (χ1v) is 10.8. The summed E-state index contributed by atoms with van der Waals surface area (Å²) in [6.45, 7) is 5.14. The van der Waals surface area contributed by atoms with Crippen molar-refractivity contribution in [3.8, 4) is 0 Å². The van der Waals surface area contributed by atoms with Gasteiger partial charge in [-0.2, -0.15) is 0 Å². The summed E-state index contributed by atoms with van der Waals surface area (Å²) in [5.41, 5.74) is 0.626. The maximum absolute atomic E-state index is 12.9. The Hall–Kier alpha value is -1.60. The van der Waals surface area contributed by atoms with Crippen molar-refractivity contribution in [2.24, 2.45) is 0 Å². The van der Waals surface area contributed by atoms with Crippen LogP contribution in [0.2, 0.25) is 5.02 Å². The molecule has 0 aliphatic carbocycles. The number of amides is 1. The molecule has 0 spiro atoms. The molecule has 1 saturated heterocycles. The quantitative estimate of drug-likeness (QED) is 0.511. The Labute approximate surface area is 175 Å². The lowest BCUT2D eigenvalue weighted by Gasteiger charge is -2.34. The molecule has 1 heterocycles. The third kappa shape index (κ3) is 6.78. The molecule has 3 rings (SSSR count). The van der Waals surface area contributed by atoms with E-state index in [-0.39, 0.29) is 11.7 Å². The van der Waals surface area contributed by atoms with Gasteiger partial charge < -0.3 is 10.2 Å². The molecule has 1 amide bonds. The van der Waals surface area contributed by atoms with Crippen LogP contribution in [-0.4, -0.2) is 60.7 Å². The molecule has 0 saturated carbocycles. The summed E-state index contributed by atoms with van der Waals surface area (Å²) in [5, 5.41) is 3.63. The summed E-state index contributed by atoms with van der Waals surface area (Å²) in [4.78, 5) is 17.9. The third-order valence-corrected chi connectivity index (χ3v) is 6.27. The van der Waals surface area contributed by atoms with Crippen molar-refractivity contribution in [1.29, 1.82) is 0 Å². The van der Waals surface area contributed by atoms with Crippen LogP contribution in [0.1, 0.15) is 6.42 Å². The minimum atomic E-state index is -0.306. The average molecular weight is 422 g/mol. The van der Waals surface area contributed by atoms with E-state index in [1.165, 1.54) is 12.1 Å². The second kappa shape index (κ2) is 10.8. The fourth-order valence-corrected chi connectivity index (χ4v) is 4.31. The molecule has 0 aromatic heterocycles. The highest BCUT2D eigenvalue weighted by Crippen LogP contribution is 2.26. The fraction of sp³-hybridized carbons (Fsp3) is 0.381. The van der Waals surface area contributed by atoms with Gasteiger partial charge in [-0.25, -0.2) is 4.39 Å². The fourth-order valence-electron chi connectivity index (χ4n) is 3.14. The number of benzene rings is 2. The number of hydrogen-bond acceptors (Lipinski definition) is 4. The summed E-state index contributed by atoms with van der Waals surface area (Å²) in [6.07, 6.45) is 1.11. The SMILES string of the molecule is O=C(CN1CCN(CCCSc2ccccc2Cl)CC1)Nc1ccc(F)cc1. The number of carbonyl (C=O) groups is 1. The van der Waals surface area contributed by atoms with Gasteiger partial charge in [0, 0.05) is 36.8 Å². The standard InChI is InChI=1S/C21H25ClFN3OS/c22-19-4-1-2-5-20(19)28-15-3-10-25-11-13-26(14-12-25)16-21(27)24-18-8-6-17(23)7-9-18/h1-2,4-9H,3,10-16H2,(H,24,27). The molecular weight excluding hydrogens is 397 g/mol. The Kier molecular flexibility index (Phi) is 8.15. The van der Waals surface area contributed by atoms with Gasteiger partial charge in [-0.05, 0) is 55.1 Å². The Morgan fingerprint density at radius 1 is 1.04 bits per heavy atom. The van der Waals surface area contributed by atoms with Crippen molar-refractivity contribution in [2.45, 2.75) is 11.3 Å². The number of nitrogens with one attached hydrogen (secondary N) is 1. The number of piperazine rings is 1. The lowest BCUT2D eigenvalue weighted by molar-refractivity contribution is -0.117. The predicted molar refractivity (Wildman–Crippen MR) is 115 cm³/mol. The molecule has 2 aromatic rings. The molecule has 0 atom stereocenters. The molecule has 1 aliphatic heterocycles. The first-order valence-electron chi connectivity index (χ1n) is 9.47. The zero-order chi connectivity index (χ0) is 19.8. The topological polar surface area (TPSA) is 35.6 Å². The van der Waals surface area contributed by atoms with Crippen molar-refractivity contribution < 1.29 is 9.18 Å². The average Bonchev–Trinajstić information content (AvgIpc) is 2.69. The zero-order valence-electron chi connectivity index (χ0n) is 15.7. The maximum Gasteiger partial charge on any atom is 0.238 e. The molecule has 1 aliphatic rings. The van der Waals surface area contributed by atoms with Gasteiger partial charge >= 0.3 is 0 Å². The van der Waals surface area contributed by atoms with Crippen molar-refractivity contribution in [1.82, 2.24) is 9.80 Å². The normalized spacial score (nSPS) is 15.5. The summed E-state index contributed by atoms with van der Waals surface area (Å²) in [7, 11) is 0. The van der Waals surface area contributed by atoms with Gasteiger partial charge in [0.05, 0.1) is 11.6 Å². The van der Waals surface area contributed by atoms with E-state index < -0.39 is 0 Å². The van der Waals surface area contributed by atoms with Crippen LogP contribution in [0.5, 0.6) is 0 Å². The van der Waals surface area contributed by atoms with Crippen LogP contribution in [0, 0.1) is 5.82 Å². The molecule has 2 aromatic carbocycles. The molecule has 150 valence electrons. The summed E-state index contributed by atoms with van der Waals surface area (Å²) in [5.74, 6) is 0.680. The second-order valence-electron chi connectivity index (χ2n) is 6.81. The van der Waals surface area contributed by atoms with Crippen LogP contribution < -0.4 is 5.32 Å². The van der Waals surface area contributed by atoms with E-state index in [0.717, 1.165) is 54.8 Å². The number of hydrogen-bond donors (Lipinski definition) is 1. The first-order chi connectivity index (χ1) is 13.6. The predicted octanol–water partition coefficient (Wildman–Crippen LogP) is 4.22. The summed E-state index contributed by atoms with van der Waals surface area (Å²) < 4.78 is 12.9. The Morgan fingerprint density at radius 2 is 1.71 bits per heavy atom. The molecule has 4 nitrogen and oxygen atoms in total. The monoisotopic (exact) mass is 421 g/mol. The molecule has 1 N–H and O–H groups in total. The molecule has 7 heteroatoms. The van der Waals surface area contributed by atoms with Crippen LogP contribution in [0.4, 0.5) is 10.1 Å². The lowest BCUT2D eigenvalue weighted by Crippen LogP contribution is -2.48. The van der Waals surface area contributed by atoms with E-state index in [1.54, 1.807) is 23.9 Å². The number of halogens is 2. The third-order valence-electron chi connectivity index (χ3n) is 4.67. The number of rotatable bonds is 8. The molecule has 1 fully saturated rings. The molecule has 28 heavy (non-hydrogen) atoms. The first kappa shape index (κ1) is 21.1. The van der Waals surface area contributed by atoms with E-state index in [9.17, 15) is 9.18 Å². The van der Waals surface area contributed by atoms with Crippen molar-refractivity contribution in [2.75, 3.05) is 50.3 Å². The van der Waals surface area contributed by atoms with Crippen LogP contribution in [0.15, 0.2) is 53.4 Å². The number of carbonyl (C=O) groups excluding carboxylic acids is 1. The van der Waals surface area contributed by atoms with Crippen LogP contribution in [0.25, 0.3) is 0 Å². The highest BCUT2D eigenvalue weighted by Gasteiger charge is 2.18. The van der Waals surface area contributed by atoms with Gasteiger partial charge in [-0.1, -0.05) is 23.7 Å². The second-order valence-corrected chi connectivity index (χ2v) is 8.35. The van der Waals surface area contributed by atoms with Gasteiger partial charge in [0.25, 0.3) is 0 Å². The van der Waals surface area contributed by atoms with Crippen LogP contribution in [0.3, 0.4) is 0 Å². The van der Waals surface area contributed by atoms with E-state index in [4.69, 9.17) is 11.6 Å². The van der Waals surface area contributed by atoms with Gasteiger partial charge in [0.1, 0.15) is 5.82 Å². The molecule has 0 unspecified atom stereocenters. The molecule has 0 bridgehead atoms. The highest BCUT2D eigenvalue weighted by molar-refractivity contribution is 7.99. The maximum atomic E-state index is 12.9. The van der Waals surface area contributed by atoms with Gasteiger partial charge in [0.2, 0.25) is 5.91 Å². The lowest BCUT2D eigenvalue weighted by atomic mass is 10.3. The van der Waals surface area contributed by atoms with Crippen molar-refractivity contribution in [3.63, 3.8) is 0 Å². The van der Waals surface area contributed by atoms with E-state index in [2.05, 4.69) is 21.2 Å². The minimum Gasteiger partial charge on any atom is -0.325 e. The van der Waals surface area contributed by atoms with Crippen LogP contribution >= 0.6 is 23.4 Å². The minimum absolute atomic E-state index is 0.0591. The summed E-state index contributed by atoms with van der Waals surface area (Å²) >= 11 is 7.98. The highest BCUT2D eigenvalue weighted by atomic mass is 35.5. The number of nitrogens with zero attached hydrogens (tertiary/aromatic N) is 2. The van der Waals surface area contributed by atoms with Gasteiger partial charge in [-0.15, -0.1) is 11.8 Å². The van der Waals surface area contributed by atoms with Crippen molar-refractivity contribution >= 4 is 35.0 Å².